The molecule has 1 atom stereocenters. The molecule has 0 aliphatic heterocycles. The molecule has 1 unspecified atom stereocenters. The SMILES string of the molecule is NC1CCCc2nc(-c3coc4ccccc34)ncc21. The number of aryl methyl sites for hydroxylation is 1. The van der Waals surface area contributed by atoms with Crippen LogP contribution in [0.15, 0.2) is 41.1 Å². The lowest BCUT2D eigenvalue weighted by Gasteiger charge is -2.20. The monoisotopic (exact) mass is 265 g/mol. The molecule has 0 radical (unpaired) electrons. The van der Waals surface area contributed by atoms with Gasteiger partial charge < -0.3 is 10.2 Å². The Labute approximate surface area is 116 Å². The Balaban J connectivity index is 1.87. The highest BCUT2D eigenvalue weighted by atomic mass is 16.3. The minimum Gasteiger partial charge on any atom is -0.464 e. The van der Waals surface area contributed by atoms with E-state index in [1.807, 2.05) is 30.5 Å². The zero-order valence-electron chi connectivity index (χ0n) is 11.0. The summed E-state index contributed by atoms with van der Waals surface area (Å²) in [4.78, 5) is 9.19. The Morgan fingerprint density at radius 3 is 3.10 bits per heavy atom. The van der Waals surface area contributed by atoms with Crippen LogP contribution in [0.2, 0.25) is 0 Å². The van der Waals surface area contributed by atoms with Crippen LogP contribution in [-0.2, 0) is 6.42 Å². The molecular formula is C16H15N3O. The Hall–Kier alpha value is -2.20. The third-order valence-electron chi connectivity index (χ3n) is 3.95. The molecule has 1 aliphatic carbocycles. The number of hydrogen-bond donors (Lipinski definition) is 1. The van der Waals surface area contributed by atoms with Gasteiger partial charge in [0, 0.05) is 28.9 Å². The second kappa shape index (κ2) is 4.42. The molecule has 0 fully saturated rings. The van der Waals surface area contributed by atoms with Crippen LogP contribution < -0.4 is 5.73 Å². The van der Waals surface area contributed by atoms with Crippen LogP contribution in [0.5, 0.6) is 0 Å². The minimum atomic E-state index is 0.0777. The summed E-state index contributed by atoms with van der Waals surface area (Å²) in [5, 5.41) is 1.05. The summed E-state index contributed by atoms with van der Waals surface area (Å²) < 4.78 is 5.56. The minimum absolute atomic E-state index is 0.0777. The molecule has 1 aromatic carbocycles. The van der Waals surface area contributed by atoms with Gasteiger partial charge in [-0.15, -0.1) is 0 Å². The molecular weight excluding hydrogens is 250 g/mol. The van der Waals surface area contributed by atoms with Crippen molar-refractivity contribution in [3.05, 3.63) is 48.0 Å². The van der Waals surface area contributed by atoms with Crippen LogP contribution in [-0.4, -0.2) is 9.97 Å². The molecule has 2 aromatic heterocycles. The molecule has 2 N–H and O–H groups in total. The van der Waals surface area contributed by atoms with E-state index in [0.29, 0.717) is 0 Å². The smallest absolute Gasteiger partial charge is 0.163 e. The van der Waals surface area contributed by atoms with E-state index in [2.05, 4.69) is 4.98 Å². The number of aromatic nitrogens is 2. The molecule has 4 rings (SSSR count). The van der Waals surface area contributed by atoms with E-state index in [4.69, 9.17) is 15.1 Å². The summed E-state index contributed by atoms with van der Waals surface area (Å²) in [6, 6.07) is 8.02. The molecule has 0 amide bonds. The fraction of sp³-hybridized carbons (Fsp3) is 0.250. The van der Waals surface area contributed by atoms with Crippen molar-refractivity contribution in [3.8, 4) is 11.4 Å². The summed E-state index contributed by atoms with van der Waals surface area (Å²) in [5.41, 5.74) is 10.1. The largest absolute Gasteiger partial charge is 0.464 e. The molecule has 0 spiro atoms. The lowest BCUT2D eigenvalue weighted by Crippen LogP contribution is -2.19. The Bertz CT molecular complexity index is 778. The number of hydrogen-bond acceptors (Lipinski definition) is 4. The highest BCUT2D eigenvalue weighted by Crippen LogP contribution is 2.31. The van der Waals surface area contributed by atoms with Gasteiger partial charge in [0.05, 0.1) is 5.56 Å². The first kappa shape index (κ1) is 11.6. The maximum atomic E-state index is 6.11. The normalized spacial score (nSPS) is 18.1. The number of rotatable bonds is 1. The average Bonchev–Trinajstić information content (AvgIpc) is 2.91. The van der Waals surface area contributed by atoms with Gasteiger partial charge in [0.15, 0.2) is 5.82 Å². The van der Waals surface area contributed by atoms with E-state index >= 15 is 0 Å². The van der Waals surface area contributed by atoms with Gasteiger partial charge in [-0.2, -0.15) is 0 Å². The number of fused-ring (bicyclic) bond motifs is 2. The highest BCUT2D eigenvalue weighted by molar-refractivity contribution is 5.91. The predicted molar refractivity (Wildman–Crippen MR) is 77.1 cm³/mol. The van der Waals surface area contributed by atoms with Gasteiger partial charge in [-0.05, 0) is 25.3 Å². The van der Waals surface area contributed by atoms with Crippen LogP contribution in [0.3, 0.4) is 0 Å². The Kier molecular flexibility index (Phi) is 2.57. The number of nitrogens with two attached hydrogens (primary N) is 1. The number of furan rings is 1. The van der Waals surface area contributed by atoms with E-state index in [9.17, 15) is 0 Å². The molecule has 20 heavy (non-hydrogen) atoms. The standard InChI is InChI=1S/C16H15N3O/c17-13-5-3-6-14-11(13)8-18-16(19-14)12-9-20-15-7-2-1-4-10(12)15/h1-2,4,7-9,13H,3,5-6,17H2. The van der Waals surface area contributed by atoms with Gasteiger partial charge >= 0.3 is 0 Å². The van der Waals surface area contributed by atoms with Gasteiger partial charge in [0.2, 0.25) is 0 Å². The van der Waals surface area contributed by atoms with Crippen LogP contribution in [0.4, 0.5) is 0 Å². The zero-order valence-corrected chi connectivity index (χ0v) is 11.0. The lowest BCUT2D eigenvalue weighted by molar-refractivity contribution is 0.557. The highest BCUT2D eigenvalue weighted by Gasteiger charge is 2.20. The molecule has 4 heteroatoms. The van der Waals surface area contributed by atoms with Crippen molar-refractivity contribution in [1.29, 1.82) is 0 Å². The Morgan fingerprint density at radius 2 is 2.15 bits per heavy atom. The van der Waals surface area contributed by atoms with E-state index < -0.39 is 0 Å². The number of nitrogens with zero attached hydrogens (tertiary/aromatic N) is 2. The summed E-state index contributed by atoms with van der Waals surface area (Å²) >= 11 is 0. The van der Waals surface area contributed by atoms with Gasteiger partial charge in [0.25, 0.3) is 0 Å². The predicted octanol–water partition coefficient (Wildman–Crippen LogP) is 3.23. The van der Waals surface area contributed by atoms with Crippen molar-refractivity contribution in [2.75, 3.05) is 0 Å². The quantitative estimate of drug-likeness (QED) is 0.733. The van der Waals surface area contributed by atoms with Crippen molar-refractivity contribution in [3.63, 3.8) is 0 Å². The second-order valence-electron chi connectivity index (χ2n) is 5.24. The van der Waals surface area contributed by atoms with Crippen molar-refractivity contribution < 1.29 is 4.42 Å². The van der Waals surface area contributed by atoms with Crippen LogP contribution in [0.1, 0.15) is 30.1 Å². The first-order chi connectivity index (χ1) is 9.83. The van der Waals surface area contributed by atoms with Crippen molar-refractivity contribution in [1.82, 2.24) is 9.97 Å². The average molecular weight is 265 g/mol. The zero-order chi connectivity index (χ0) is 13.5. The molecule has 4 nitrogen and oxygen atoms in total. The van der Waals surface area contributed by atoms with Crippen LogP contribution >= 0.6 is 0 Å². The first-order valence-corrected chi connectivity index (χ1v) is 6.91. The van der Waals surface area contributed by atoms with Gasteiger partial charge in [-0.1, -0.05) is 18.2 Å². The molecule has 2 heterocycles. The van der Waals surface area contributed by atoms with E-state index in [1.54, 1.807) is 6.26 Å². The van der Waals surface area contributed by atoms with Crippen molar-refractivity contribution in [2.45, 2.75) is 25.3 Å². The van der Waals surface area contributed by atoms with Crippen LogP contribution in [0.25, 0.3) is 22.4 Å². The second-order valence-corrected chi connectivity index (χ2v) is 5.24. The lowest BCUT2D eigenvalue weighted by atomic mass is 9.93. The first-order valence-electron chi connectivity index (χ1n) is 6.91. The van der Waals surface area contributed by atoms with E-state index in [1.165, 1.54) is 0 Å². The summed E-state index contributed by atoms with van der Waals surface area (Å²) in [7, 11) is 0. The summed E-state index contributed by atoms with van der Waals surface area (Å²) in [6.45, 7) is 0. The number of para-hydroxylation sites is 1. The third kappa shape index (κ3) is 1.72. The van der Waals surface area contributed by atoms with E-state index in [-0.39, 0.29) is 6.04 Å². The van der Waals surface area contributed by atoms with Crippen molar-refractivity contribution >= 4 is 11.0 Å². The van der Waals surface area contributed by atoms with E-state index in [0.717, 1.165) is 52.9 Å². The fourth-order valence-electron chi connectivity index (χ4n) is 2.86. The topological polar surface area (TPSA) is 64.9 Å². The van der Waals surface area contributed by atoms with Crippen molar-refractivity contribution in [2.24, 2.45) is 5.73 Å². The maximum absolute atomic E-state index is 6.11. The van der Waals surface area contributed by atoms with Crippen LogP contribution in [0, 0.1) is 0 Å². The van der Waals surface area contributed by atoms with Gasteiger partial charge in [-0.25, -0.2) is 9.97 Å². The third-order valence-corrected chi connectivity index (χ3v) is 3.95. The summed E-state index contributed by atoms with van der Waals surface area (Å²) in [5.74, 6) is 0.725. The Morgan fingerprint density at radius 1 is 1.25 bits per heavy atom. The molecule has 100 valence electrons. The molecule has 3 aromatic rings. The summed E-state index contributed by atoms with van der Waals surface area (Å²) in [6.07, 6.45) is 6.70. The molecule has 1 aliphatic rings. The number of benzene rings is 1. The maximum Gasteiger partial charge on any atom is 0.163 e. The van der Waals surface area contributed by atoms with Gasteiger partial charge in [-0.3, -0.25) is 0 Å². The molecule has 0 saturated heterocycles. The molecule has 0 saturated carbocycles. The molecule has 0 bridgehead atoms. The van der Waals surface area contributed by atoms with Gasteiger partial charge in [0.1, 0.15) is 11.8 Å². The fourth-order valence-corrected chi connectivity index (χ4v) is 2.86.